The van der Waals surface area contributed by atoms with E-state index in [-0.39, 0.29) is 12.1 Å². The second-order valence-electron chi connectivity index (χ2n) is 9.02. The van der Waals surface area contributed by atoms with Crippen LogP contribution in [0.3, 0.4) is 0 Å². The lowest BCUT2D eigenvalue weighted by molar-refractivity contribution is -0.0261. The van der Waals surface area contributed by atoms with Crippen LogP contribution in [0.5, 0.6) is 0 Å². The zero-order valence-electron chi connectivity index (χ0n) is 20.4. The number of anilines is 2. The number of hydrogen-bond acceptors (Lipinski definition) is 8. The van der Waals surface area contributed by atoms with E-state index in [2.05, 4.69) is 34.0 Å². The monoisotopic (exact) mass is 464 g/mol. The normalized spacial score (nSPS) is 18.1. The molecule has 10 heteroatoms. The van der Waals surface area contributed by atoms with Gasteiger partial charge in [0.15, 0.2) is 11.5 Å². The molecule has 0 spiro atoms. The number of ether oxygens (including phenoxy) is 2. The minimum Gasteiger partial charge on any atom is -0.382 e. The maximum Gasteiger partial charge on any atom is 0.243 e. The molecule has 10 nitrogen and oxygen atoms in total. The summed E-state index contributed by atoms with van der Waals surface area (Å²) in [6.45, 7) is 7.56. The van der Waals surface area contributed by atoms with Gasteiger partial charge in [-0.2, -0.15) is 4.98 Å². The molecule has 180 valence electrons. The van der Waals surface area contributed by atoms with Gasteiger partial charge in [0.25, 0.3) is 0 Å². The predicted octanol–water partition coefficient (Wildman–Crippen LogP) is 3.68. The number of hydrogen-bond donors (Lipinski definition) is 2. The number of methoxy groups -OCH3 is 1. The Labute approximate surface area is 198 Å². The van der Waals surface area contributed by atoms with Crippen molar-refractivity contribution < 1.29 is 9.47 Å². The molecule has 0 atom stereocenters. The molecule has 0 aromatic carbocycles. The van der Waals surface area contributed by atoms with E-state index in [1.807, 2.05) is 42.9 Å². The molecule has 0 unspecified atom stereocenters. The van der Waals surface area contributed by atoms with Gasteiger partial charge in [0.05, 0.1) is 25.0 Å². The third-order valence-electron chi connectivity index (χ3n) is 6.32. The fraction of sp³-hybridized carbons (Fsp3) is 0.500. The summed E-state index contributed by atoms with van der Waals surface area (Å²) in [4.78, 5) is 14.4. The van der Waals surface area contributed by atoms with Crippen molar-refractivity contribution in [1.82, 2.24) is 29.1 Å². The van der Waals surface area contributed by atoms with Crippen LogP contribution in [0.25, 0.3) is 27.9 Å². The second kappa shape index (κ2) is 9.19. The third kappa shape index (κ3) is 4.07. The van der Waals surface area contributed by atoms with Crippen molar-refractivity contribution in [2.75, 3.05) is 38.0 Å². The van der Waals surface area contributed by atoms with Crippen molar-refractivity contribution in [2.45, 2.75) is 51.8 Å². The minimum absolute atomic E-state index is 0.266. The van der Waals surface area contributed by atoms with Crippen LogP contribution in [-0.2, 0) is 9.47 Å². The minimum atomic E-state index is 0.266. The van der Waals surface area contributed by atoms with E-state index in [0.717, 1.165) is 52.4 Å². The Morgan fingerprint density at radius 2 is 1.94 bits per heavy atom. The first-order valence-corrected chi connectivity index (χ1v) is 11.8. The summed E-state index contributed by atoms with van der Waals surface area (Å²) in [5.74, 6) is 2.31. The van der Waals surface area contributed by atoms with Crippen LogP contribution < -0.4 is 10.6 Å². The molecule has 0 radical (unpaired) electrons. The van der Waals surface area contributed by atoms with Gasteiger partial charge in [-0.1, -0.05) is 0 Å². The Morgan fingerprint density at radius 3 is 2.68 bits per heavy atom. The van der Waals surface area contributed by atoms with E-state index >= 15 is 0 Å². The molecule has 0 saturated heterocycles. The first-order valence-electron chi connectivity index (χ1n) is 11.8. The smallest absolute Gasteiger partial charge is 0.243 e. The molecule has 0 aliphatic heterocycles. The summed E-state index contributed by atoms with van der Waals surface area (Å²) in [6, 6.07) is 6.66. The van der Waals surface area contributed by atoms with Gasteiger partial charge in [-0.3, -0.25) is 0 Å². The van der Waals surface area contributed by atoms with Crippen molar-refractivity contribution in [3.8, 4) is 11.3 Å². The molecule has 4 aromatic heterocycles. The fourth-order valence-electron chi connectivity index (χ4n) is 4.62. The number of fused-ring (bicyclic) bond motifs is 2. The number of pyridine rings is 1. The maximum atomic E-state index is 5.77. The summed E-state index contributed by atoms with van der Waals surface area (Å²) >= 11 is 0. The standard InChI is InChI=1S/C24H32N8O2/c1-14(2)32-15(3)26-20-7-6-19(28-23(20)32)18-8-9-31-21(18)22(25-4)29-24(30-31)27-16-12-17(13-16)34-11-10-33-5/h6-9,14,16-17H,10-13H2,1-5H3,(H2,25,27,29,30). The Hall–Kier alpha value is -3.24. The molecule has 1 fully saturated rings. The van der Waals surface area contributed by atoms with E-state index in [4.69, 9.17) is 24.5 Å². The van der Waals surface area contributed by atoms with Crippen molar-refractivity contribution in [2.24, 2.45) is 0 Å². The zero-order valence-corrected chi connectivity index (χ0v) is 20.4. The Balaban J connectivity index is 1.42. The summed E-state index contributed by atoms with van der Waals surface area (Å²) < 4.78 is 14.8. The molecule has 5 rings (SSSR count). The van der Waals surface area contributed by atoms with Gasteiger partial charge >= 0.3 is 0 Å². The first kappa shape index (κ1) is 22.5. The molecule has 1 aliphatic carbocycles. The Bertz CT molecular complexity index is 1310. The number of nitrogens with one attached hydrogen (secondary N) is 2. The van der Waals surface area contributed by atoms with Crippen LogP contribution in [0, 0.1) is 6.92 Å². The molecule has 2 N–H and O–H groups in total. The third-order valence-corrected chi connectivity index (χ3v) is 6.32. The van der Waals surface area contributed by atoms with Crippen LogP contribution in [0.15, 0.2) is 24.4 Å². The van der Waals surface area contributed by atoms with Gasteiger partial charge in [0.2, 0.25) is 5.95 Å². The van der Waals surface area contributed by atoms with Crippen LogP contribution in [0.4, 0.5) is 11.8 Å². The number of imidazole rings is 1. The highest BCUT2D eigenvalue weighted by Gasteiger charge is 2.30. The average Bonchev–Trinajstić information content (AvgIpc) is 3.36. The lowest BCUT2D eigenvalue weighted by Crippen LogP contribution is -2.41. The number of nitrogens with zero attached hydrogens (tertiary/aromatic N) is 6. The maximum absolute atomic E-state index is 5.77. The molecule has 4 heterocycles. The predicted molar refractivity (Wildman–Crippen MR) is 132 cm³/mol. The topological polar surface area (TPSA) is 103 Å². The van der Waals surface area contributed by atoms with Gasteiger partial charge in [-0.05, 0) is 51.8 Å². The van der Waals surface area contributed by atoms with Gasteiger partial charge in [-0.15, -0.1) is 5.10 Å². The van der Waals surface area contributed by atoms with Gasteiger partial charge in [0, 0.05) is 38.0 Å². The average molecular weight is 465 g/mol. The largest absolute Gasteiger partial charge is 0.382 e. The van der Waals surface area contributed by atoms with Crippen molar-refractivity contribution in [3.63, 3.8) is 0 Å². The quantitative estimate of drug-likeness (QED) is 0.362. The number of aromatic nitrogens is 6. The first-order chi connectivity index (χ1) is 16.5. The molecule has 0 bridgehead atoms. The molecule has 34 heavy (non-hydrogen) atoms. The SMILES string of the molecule is CNc1nc(NC2CC(OCCOC)C2)nn2ccc(-c3ccc4nc(C)n(C(C)C)c4n3)c12. The van der Waals surface area contributed by atoms with E-state index in [0.29, 0.717) is 25.2 Å². The highest BCUT2D eigenvalue weighted by Crippen LogP contribution is 2.32. The Morgan fingerprint density at radius 1 is 1.12 bits per heavy atom. The molecule has 1 saturated carbocycles. The fourth-order valence-corrected chi connectivity index (χ4v) is 4.62. The van der Waals surface area contributed by atoms with E-state index in [1.165, 1.54) is 0 Å². The summed E-state index contributed by atoms with van der Waals surface area (Å²) in [7, 11) is 3.56. The second-order valence-corrected chi connectivity index (χ2v) is 9.02. The summed E-state index contributed by atoms with van der Waals surface area (Å²) in [5.41, 5.74) is 4.53. The molecular formula is C24H32N8O2. The molecule has 1 aliphatic rings. The summed E-state index contributed by atoms with van der Waals surface area (Å²) in [6.07, 6.45) is 4.09. The number of aryl methyl sites for hydroxylation is 1. The van der Waals surface area contributed by atoms with Crippen molar-refractivity contribution in [1.29, 1.82) is 0 Å². The molecule has 0 amide bonds. The van der Waals surface area contributed by atoms with Gasteiger partial charge in [0.1, 0.15) is 16.9 Å². The van der Waals surface area contributed by atoms with E-state index in [9.17, 15) is 0 Å². The summed E-state index contributed by atoms with van der Waals surface area (Å²) in [5, 5.41) is 11.4. The number of rotatable bonds is 9. The van der Waals surface area contributed by atoms with Gasteiger partial charge in [-0.25, -0.2) is 14.5 Å². The molecular weight excluding hydrogens is 432 g/mol. The molecule has 4 aromatic rings. The zero-order chi connectivity index (χ0) is 23.8. The Kier molecular flexibility index (Phi) is 6.09. The van der Waals surface area contributed by atoms with Crippen molar-refractivity contribution >= 4 is 28.4 Å². The highest BCUT2D eigenvalue weighted by atomic mass is 16.5. The van der Waals surface area contributed by atoms with Crippen LogP contribution in [0.2, 0.25) is 0 Å². The van der Waals surface area contributed by atoms with Crippen LogP contribution >= 0.6 is 0 Å². The lowest BCUT2D eigenvalue weighted by atomic mass is 9.89. The van der Waals surface area contributed by atoms with E-state index < -0.39 is 0 Å². The van der Waals surface area contributed by atoms with Gasteiger partial charge < -0.3 is 24.7 Å². The van der Waals surface area contributed by atoms with Crippen LogP contribution in [0.1, 0.15) is 38.6 Å². The highest BCUT2D eigenvalue weighted by molar-refractivity contribution is 5.89. The van der Waals surface area contributed by atoms with Crippen LogP contribution in [-0.4, -0.2) is 68.7 Å². The van der Waals surface area contributed by atoms with Crippen molar-refractivity contribution in [3.05, 3.63) is 30.2 Å². The van der Waals surface area contributed by atoms with E-state index in [1.54, 1.807) is 7.11 Å². The lowest BCUT2D eigenvalue weighted by Gasteiger charge is -2.35.